The molecule has 47 heavy (non-hydrogen) atoms. The lowest BCUT2D eigenvalue weighted by atomic mass is 10.0. The molecule has 0 aliphatic rings. The number of amides is 2. The van der Waals surface area contributed by atoms with Gasteiger partial charge in [0.15, 0.2) is 0 Å². The van der Waals surface area contributed by atoms with Crippen molar-refractivity contribution in [3.63, 3.8) is 0 Å². The first-order chi connectivity index (χ1) is 22.4. The number of nitrogens with zero attached hydrogens (tertiary/aromatic N) is 3. The third kappa shape index (κ3) is 6.77. The van der Waals surface area contributed by atoms with Gasteiger partial charge in [0.2, 0.25) is 16.9 Å². The largest absolute Gasteiger partial charge is 0.422 e. The number of fused-ring (bicyclic) bond motifs is 2. The molecule has 11 nitrogen and oxygen atoms in total. The van der Waals surface area contributed by atoms with E-state index in [2.05, 4.69) is 42.5 Å². The van der Waals surface area contributed by atoms with E-state index < -0.39 is 17.1 Å². The Morgan fingerprint density at radius 3 is 1.96 bits per heavy atom. The van der Waals surface area contributed by atoms with E-state index in [1.165, 1.54) is 11.7 Å². The van der Waals surface area contributed by atoms with Crippen LogP contribution in [0.1, 0.15) is 38.3 Å². The highest BCUT2D eigenvalue weighted by Gasteiger charge is 2.25. The molecule has 5 rings (SSSR count). The average Bonchev–Trinajstić information content (AvgIpc) is 3.06. The normalized spacial score (nSPS) is 11.1. The number of pyridine rings is 1. The molecule has 2 heterocycles. The second-order valence-electron chi connectivity index (χ2n) is 11.0. The standard InChI is InChI=1S/C34H31Br2N5O6/c1-19-17-21(31(43)38-15-14-37-26(42)13-16-41-33(45)29(36)28(35)32(44)40(41)4)18-20(2)30(19)47-34(46)27-22-9-5-7-11-24(22)39(3)25-12-8-6-10-23(25)27/h5-12,17-18H,13-16H2,1-4H3,(H-,37,38,42,43)/p+1. The van der Waals surface area contributed by atoms with Gasteiger partial charge >= 0.3 is 5.97 Å². The van der Waals surface area contributed by atoms with E-state index in [-0.39, 0.29) is 46.8 Å². The topological polar surface area (TPSA) is 132 Å². The molecule has 0 saturated heterocycles. The van der Waals surface area contributed by atoms with E-state index in [9.17, 15) is 24.0 Å². The first-order valence-corrected chi connectivity index (χ1v) is 16.3. The van der Waals surface area contributed by atoms with Crippen molar-refractivity contribution < 1.29 is 23.7 Å². The van der Waals surface area contributed by atoms with Gasteiger partial charge in [-0.3, -0.25) is 19.2 Å². The third-order valence-electron chi connectivity index (χ3n) is 7.93. The molecule has 0 unspecified atom stereocenters. The SMILES string of the molecule is Cc1cc(C(=O)NCCNC(=O)CCn2c(=O)c(Br)c(Br)c(=O)n2C)cc(C)c1OC(=O)c1c2ccccc2[n+](C)c2ccccc12. The van der Waals surface area contributed by atoms with Gasteiger partial charge in [0.05, 0.1) is 22.9 Å². The first-order valence-electron chi connectivity index (χ1n) is 14.7. The van der Waals surface area contributed by atoms with Crippen molar-refractivity contribution in [3.8, 4) is 5.75 Å². The van der Waals surface area contributed by atoms with E-state index in [1.807, 2.05) is 60.1 Å². The fraction of sp³-hybridized carbons (Fsp3) is 0.235. The number of aromatic nitrogens is 3. The molecule has 2 N–H and O–H groups in total. The van der Waals surface area contributed by atoms with Crippen molar-refractivity contribution in [2.75, 3.05) is 13.1 Å². The second kappa shape index (κ2) is 14.0. The zero-order valence-electron chi connectivity index (χ0n) is 26.1. The van der Waals surface area contributed by atoms with Gasteiger partial charge in [0, 0.05) is 44.3 Å². The number of rotatable bonds is 9. The number of esters is 1. The van der Waals surface area contributed by atoms with Gasteiger partial charge in [0.1, 0.15) is 21.7 Å². The number of carbonyl (C=O) groups is 3. The van der Waals surface area contributed by atoms with Crippen LogP contribution in [0.4, 0.5) is 0 Å². The number of para-hydroxylation sites is 2. The summed E-state index contributed by atoms with van der Waals surface area (Å²) in [7, 11) is 3.41. The molecule has 0 bridgehead atoms. The van der Waals surface area contributed by atoms with Crippen LogP contribution in [0.25, 0.3) is 21.8 Å². The summed E-state index contributed by atoms with van der Waals surface area (Å²) in [5.74, 6) is -0.799. The van der Waals surface area contributed by atoms with E-state index >= 15 is 0 Å². The zero-order chi connectivity index (χ0) is 34.0. The lowest BCUT2D eigenvalue weighted by Crippen LogP contribution is -2.40. The summed E-state index contributed by atoms with van der Waals surface area (Å²) < 4.78 is 10.6. The molecule has 0 radical (unpaired) electrons. The number of ether oxygens (including phenoxy) is 1. The van der Waals surface area contributed by atoms with Crippen molar-refractivity contribution in [2.45, 2.75) is 26.8 Å². The minimum atomic E-state index is -0.489. The van der Waals surface area contributed by atoms with E-state index in [0.29, 0.717) is 28.0 Å². The minimum absolute atomic E-state index is 0.000549. The Balaban J connectivity index is 1.21. The Labute approximate surface area is 286 Å². The maximum atomic E-state index is 13.7. The van der Waals surface area contributed by atoms with Crippen LogP contribution in [0.15, 0.2) is 79.2 Å². The molecule has 0 spiro atoms. The smallest absolute Gasteiger partial charge is 0.345 e. The lowest BCUT2D eigenvalue weighted by Gasteiger charge is -2.15. The zero-order valence-corrected chi connectivity index (χ0v) is 29.3. The molecule has 5 aromatic rings. The molecule has 13 heteroatoms. The highest BCUT2D eigenvalue weighted by atomic mass is 79.9. The number of hydrogen-bond donors (Lipinski definition) is 2. The summed E-state index contributed by atoms with van der Waals surface area (Å²) >= 11 is 6.18. The number of halogens is 2. The number of nitrogens with one attached hydrogen (secondary N) is 2. The molecule has 3 aromatic carbocycles. The Kier molecular flexibility index (Phi) is 10.1. The number of hydrogen-bond acceptors (Lipinski definition) is 6. The Hall–Kier alpha value is -4.62. The van der Waals surface area contributed by atoms with Crippen LogP contribution < -0.4 is 31.1 Å². The molecular formula is C34H32Br2N5O6+. The third-order valence-corrected chi connectivity index (χ3v) is 9.94. The van der Waals surface area contributed by atoms with E-state index in [4.69, 9.17) is 4.74 Å². The van der Waals surface area contributed by atoms with Gasteiger partial charge in [0.25, 0.3) is 17.0 Å². The van der Waals surface area contributed by atoms with Crippen molar-refractivity contribution in [2.24, 2.45) is 14.1 Å². The van der Waals surface area contributed by atoms with Gasteiger partial charge in [-0.2, -0.15) is 4.57 Å². The second-order valence-corrected chi connectivity index (χ2v) is 12.6. The summed E-state index contributed by atoms with van der Waals surface area (Å²) in [4.78, 5) is 63.7. The van der Waals surface area contributed by atoms with Crippen molar-refractivity contribution in [1.82, 2.24) is 20.0 Å². The summed E-state index contributed by atoms with van der Waals surface area (Å²) in [5.41, 5.74) is 3.04. The first kappa shape index (κ1) is 33.7. The monoisotopic (exact) mass is 764 g/mol. The Morgan fingerprint density at radius 1 is 0.830 bits per heavy atom. The summed E-state index contributed by atoms with van der Waals surface area (Å²) in [6, 6.07) is 18.7. The molecular weight excluding hydrogens is 734 g/mol. The summed E-state index contributed by atoms with van der Waals surface area (Å²) in [6.07, 6.45) is -0.0409. The molecule has 0 fully saturated rings. The molecule has 242 valence electrons. The molecule has 0 saturated carbocycles. The molecule has 0 aliphatic carbocycles. The summed E-state index contributed by atoms with van der Waals surface area (Å²) in [5, 5.41) is 7.03. The average molecular weight is 766 g/mol. The predicted molar refractivity (Wildman–Crippen MR) is 185 cm³/mol. The maximum absolute atomic E-state index is 13.7. The minimum Gasteiger partial charge on any atom is -0.422 e. The Morgan fingerprint density at radius 2 is 1.36 bits per heavy atom. The van der Waals surface area contributed by atoms with Gasteiger partial charge in [-0.25, -0.2) is 14.2 Å². The van der Waals surface area contributed by atoms with Crippen LogP contribution in [0.2, 0.25) is 0 Å². The van der Waals surface area contributed by atoms with Crippen LogP contribution in [-0.4, -0.2) is 40.2 Å². The highest BCUT2D eigenvalue weighted by molar-refractivity contribution is 9.13. The van der Waals surface area contributed by atoms with Gasteiger partial charge < -0.3 is 15.4 Å². The van der Waals surface area contributed by atoms with Gasteiger partial charge in [-0.05, 0) is 81.1 Å². The summed E-state index contributed by atoms with van der Waals surface area (Å²) in [6.45, 7) is 3.87. The number of aryl methyl sites for hydroxylation is 3. The quantitative estimate of drug-likeness (QED) is 0.0768. The van der Waals surface area contributed by atoms with Crippen LogP contribution in [0.5, 0.6) is 5.75 Å². The molecule has 0 aliphatic heterocycles. The highest BCUT2D eigenvalue weighted by Crippen LogP contribution is 2.29. The fourth-order valence-corrected chi connectivity index (χ4v) is 6.35. The van der Waals surface area contributed by atoms with Gasteiger partial charge in [-0.1, -0.05) is 24.3 Å². The predicted octanol–water partition coefficient (Wildman–Crippen LogP) is 3.98. The van der Waals surface area contributed by atoms with E-state index in [1.54, 1.807) is 26.0 Å². The van der Waals surface area contributed by atoms with Crippen LogP contribution in [-0.2, 0) is 25.4 Å². The van der Waals surface area contributed by atoms with E-state index in [0.717, 1.165) is 26.5 Å². The van der Waals surface area contributed by atoms with Crippen molar-refractivity contribution >= 4 is 71.4 Å². The Bertz CT molecular complexity index is 2130. The maximum Gasteiger partial charge on any atom is 0.345 e. The van der Waals surface area contributed by atoms with Crippen molar-refractivity contribution in [1.29, 1.82) is 0 Å². The van der Waals surface area contributed by atoms with Crippen LogP contribution in [0, 0.1) is 13.8 Å². The van der Waals surface area contributed by atoms with Crippen LogP contribution in [0.3, 0.4) is 0 Å². The van der Waals surface area contributed by atoms with Crippen molar-refractivity contribution in [3.05, 3.63) is 113 Å². The lowest BCUT2D eigenvalue weighted by molar-refractivity contribution is -0.617. The molecule has 0 atom stereocenters. The molecule has 2 amide bonds. The fourth-order valence-electron chi connectivity index (χ4n) is 5.55. The van der Waals surface area contributed by atoms with Crippen LogP contribution >= 0.6 is 31.9 Å². The number of carbonyl (C=O) groups excluding carboxylic acids is 3. The number of benzene rings is 3. The van der Waals surface area contributed by atoms with Gasteiger partial charge in [-0.15, -0.1) is 0 Å². The molecule has 2 aromatic heterocycles.